The molecule has 2 nitrogen and oxygen atoms in total. The largest absolute Gasteiger partial charge is 0.489 e. The fourth-order valence-corrected chi connectivity index (χ4v) is 1.49. The first-order valence-electron chi connectivity index (χ1n) is 3.56. The molecule has 0 spiro atoms. The average molecular weight is 170 g/mol. The minimum Gasteiger partial charge on any atom is -0.489 e. The number of hydrogen-bond acceptors (Lipinski definition) is 2. The Morgan fingerprint density at radius 1 is 1.73 bits per heavy atom. The van der Waals surface area contributed by atoms with Gasteiger partial charge >= 0.3 is 0 Å². The number of ether oxygens (including phenoxy) is 1. The van der Waals surface area contributed by atoms with Crippen LogP contribution < -0.4 is 4.74 Å². The molecule has 0 N–H and O–H groups in total. The van der Waals surface area contributed by atoms with Crippen molar-refractivity contribution < 1.29 is 4.74 Å². The number of fused-ring (bicyclic) bond motifs is 1. The Morgan fingerprint density at radius 3 is 3.27 bits per heavy atom. The van der Waals surface area contributed by atoms with Crippen molar-refractivity contribution >= 4 is 11.6 Å². The lowest BCUT2D eigenvalue weighted by molar-refractivity contribution is 0.336. The second-order valence-corrected chi connectivity index (χ2v) is 3.09. The third-order valence-electron chi connectivity index (χ3n) is 1.90. The van der Waals surface area contributed by atoms with E-state index in [0.717, 1.165) is 12.4 Å². The fraction of sp³-hybridized carbons (Fsp3) is 0.375. The van der Waals surface area contributed by atoms with Gasteiger partial charge in [-0.05, 0) is 6.07 Å². The van der Waals surface area contributed by atoms with Crippen LogP contribution in [0, 0.1) is 0 Å². The van der Waals surface area contributed by atoms with Gasteiger partial charge in [-0.25, -0.2) is 4.98 Å². The maximum absolute atomic E-state index is 5.80. The molecule has 0 bridgehead atoms. The first kappa shape index (κ1) is 6.92. The summed E-state index contributed by atoms with van der Waals surface area (Å²) >= 11 is 5.80. The summed E-state index contributed by atoms with van der Waals surface area (Å²) in [6.45, 7) is 2.84. The molecule has 0 radical (unpaired) electrons. The zero-order valence-corrected chi connectivity index (χ0v) is 6.93. The van der Waals surface area contributed by atoms with E-state index in [-0.39, 0.29) is 0 Å². The topological polar surface area (TPSA) is 22.1 Å². The van der Waals surface area contributed by atoms with Crippen molar-refractivity contribution in [2.24, 2.45) is 0 Å². The Kier molecular flexibility index (Phi) is 1.50. The van der Waals surface area contributed by atoms with E-state index in [9.17, 15) is 0 Å². The maximum atomic E-state index is 5.80. The average Bonchev–Trinajstić information content (AvgIpc) is 2.35. The van der Waals surface area contributed by atoms with Gasteiger partial charge in [0.15, 0.2) is 10.9 Å². The first-order chi connectivity index (χ1) is 5.29. The smallest absolute Gasteiger partial charge is 0.171 e. The second-order valence-electron chi connectivity index (χ2n) is 2.73. The fourth-order valence-electron chi connectivity index (χ4n) is 1.27. The highest BCUT2D eigenvalue weighted by Gasteiger charge is 2.22. The third-order valence-corrected chi connectivity index (χ3v) is 2.17. The van der Waals surface area contributed by atoms with Crippen LogP contribution in [0.3, 0.4) is 0 Å². The maximum Gasteiger partial charge on any atom is 0.171 e. The highest BCUT2D eigenvalue weighted by molar-refractivity contribution is 6.31. The van der Waals surface area contributed by atoms with Gasteiger partial charge in [0.2, 0.25) is 0 Å². The van der Waals surface area contributed by atoms with Crippen molar-refractivity contribution in [1.82, 2.24) is 4.98 Å². The van der Waals surface area contributed by atoms with Crippen molar-refractivity contribution in [2.45, 2.75) is 12.8 Å². The molecular formula is C8H8ClNO. The van der Waals surface area contributed by atoms with Gasteiger partial charge in [-0.3, -0.25) is 0 Å². The van der Waals surface area contributed by atoms with Gasteiger partial charge < -0.3 is 4.74 Å². The summed E-state index contributed by atoms with van der Waals surface area (Å²) in [5.74, 6) is 1.21. The number of nitrogens with zero attached hydrogens (tertiary/aromatic N) is 1. The second kappa shape index (κ2) is 2.38. The van der Waals surface area contributed by atoms with Gasteiger partial charge in [0, 0.05) is 17.7 Å². The molecule has 0 saturated heterocycles. The number of pyridine rings is 1. The number of aromatic nitrogens is 1. The minimum absolute atomic E-state index is 0.450. The summed E-state index contributed by atoms with van der Waals surface area (Å²) in [5.41, 5.74) is 1.17. The lowest BCUT2D eigenvalue weighted by Crippen LogP contribution is -1.93. The van der Waals surface area contributed by atoms with E-state index in [1.54, 1.807) is 6.20 Å². The van der Waals surface area contributed by atoms with Gasteiger partial charge in [-0.1, -0.05) is 18.5 Å². The van der Waals surface area contributed by atoms with Crippen LogP contribution in [-0.4, -0.2) is 11.6 Å². The lowest BCUT2D eigenvalue weighted by Gasteiger charge is -1.99. The van der Waals surface area contributed by atoms with Gasteiger partial charge in [0.25, 0.3) is 0 Å². The molecule has 0 fully saturated rings. The molecule has 1 aliphatic rings. The summed E-state index contributed by atoms with van der Waals surface area (Å²) in [6, 6.07) is 1.96. The highest BCUT2D eigenvalue weighted by Crippen LogP contribution is 2.37. The summed E-state index contributed by atoms with van der Waals surface area (Å²) < 4.78 is 5.35. The van der Waals surface area contributed by atoms with E-state index in [1.807, 2.05) is 6.07 Å². The zero-order valence-electron chi connectivity index (χ0n) is 6.17. The van der Waals surface area contributed by atoms with E-state index in [0.29, 0.717) is 11.1 Å². The standard InChI is InChI=1S/C8H8ClNO/c1-5-4-11-7-6(5)2-3-10-8(7)9/h2-3,5H,4H2,1H3. The molecule has 2 heterocycles. The summed E-state index contributed by atoms with van der Waals surface area (Å²) in [5, 5.41) is 0.479. The molecule has 1 aliphatic heterocycles. The first-order valence-corrected chi connectivity index (χ1v) is 3.94. The number of hydrogen-bond donors (Lipinski definition) is 0. The Balaban J connectivity index is 2.57. The van der Waals surface area contributed by atoms with Crippen molar-refractivity contribution in [2.75, 3.05) is 6.61 Å². The quantitative estimate of drug-likeness (QED) is 0.556. The molecule has 0 amide bonds. The lowest BCUT2D eigenvalue weighted by atomic mass is 10.1. The molecule has 11 heavy (non-hydrogen) atoms. The third kappa shape index (κ3) is 0.979. The van der Waals surface area contributed by atoms with Gasteiger partial charge in [-0.2, -0.15) is 0 Å². The molecule has 58 valence electrons. The van der Waals surface area contributed by atoms with E-state index >= 15 is 0 Å². The predicted octanol–water partition coefficient (Wildman–Crippen LogP) is 2.23. The molecule has 3 heteroatoms. The molecule has 0 aromatic carbocycles. The van der Waals surface area contributed by atoms with Crippen LogP contribution in [0.2, 0.25) is 5.15 Å². The number of halogens is 1. The molecule has 2 rings (SSSR count). The van der Waals surface area contributed by atoms with Crippen LogP contribution in [0.25, 0.3) is 0 Å². The van der Waals surface area contributed by atoms with Crippen LogP contribution in [-0.2, 0) is 0 Å². The van der Waals surface area contributed by atoms with Crippen LogP contribution in [0.5, 0.6) is 5.75 Å². The van der Waals surface area contributed by atoms with Crippen LogP contribution in [0.1, 0.15) is 18.4 Å². The Bertz CT molecular complexity index is 287. The van der Waals surface area contributed by atoms with E-state index in [1.165, 1.54) is 5.56 Å². The molecule has 0 aliphatic carbocycles. The normalized spacial score (nSPS) is 21.1. The Hall–Kier alpha value is -0.760. The van der Waals surface area contributed by atoms with Crippen molar-refractivity contribution in [3.63, 3.8) is 0 Å². The molecule has 1 aromatic rings. The molecule has 1 unspecified atom stereocenters. The van der Waals surface area contributed by atoms with Crippen LogP contribution in [0.15, 0.2) is 12.3 Å². The monoisotopic (exact) mass is 169 g/mol. The van der Waals surface area contributed by atoms with Crippen molar-refractivity contribution in [3.8, 4) is 5.75 Å². The zero-order chi connectivity index (χ0) is 7.84. The van der Waals surface area contributed by atoms with Gasteiger partial charge in [0.1, 0.15) is 0 Å². The predicted molar refractivity (Wildman–Crippen MR) is 43.2 cm³/mol. The van der Waals surface area contributed by atoms with Crippen molar-refractivity contribution in [3.05, 3.63) is 23.0 Å². The molecular weight excluding hydrogens is 162 g/mol. The SMILES string of the molecule is CC1COc2c1ccnc2Cl. The molecule has 1 atom stereocenters. The summed E-state index contributed by atoms with van der Waals surface area (Å²) in [7, 11) is 0. The van der Waals surface area contributed by atoms with Crippen LogP contribution in [0.4, 0.5) is 0 Å². The van der Waals surface area contributed by atoms with E-state index in [4.69, 9.17) is 16.3 Å². The van der Waals surface area contributed by atoms with E-state index < -0.39 is 0 Å². The van der Waals surface area contributed by atoms with Crippen molar-refractivity contribution in [1.29, 1.82) is 0 Å². The Labute approximate surface area is 70.2 Å². The minimum atomic E-state index is 0.450. The number of rotatable bonds is 0. The molecule has 1 aromatic heterocycles. The van der Waals surface area contributed by atoms with Gasteiger partial charge in [0.05, 0.1) is 6.61 Å². The summed E-state index contributed by atoms with van der Waals surface area (Å²) in [6.07, 6.45) is 1.71. The molecule has 0 saturated carbocycles. The van der Waals surface area contributed by atoms with Crippen LogP contribution >= 0.6 is 11.6 Å². The highest BCUT2D eigenvalue weighted by atomic mass is 35.5. The van der Waals surface area contributed by atoms with Gasteiger partial charge in [-0.15, -0.1) is 0 Å². The summed E-state index contributed by atoms with van der Waals surface area (Å²) in [4.78, 5) is 3.93. The van der Waals surface area contributed by atoms with E-state index in [2.05, 4.69) is 11.9 Å². The Morgan fingerprint density at radius 2 is 2.55 bits per heavy atom.